The normalized spacial score (nSPS) is 23.2. The van der Waals surface area contributed by atoms with E-state index in [4.69, 9.17) is 4.74 Å². The van der Waals surface area contributed by atoms with E-state index in [9.17, 15) is 0 Å². The quantitative estimate of drug-likeness (QED) is 0.651. The Morgan fingerprint density at radius 2 is 2.18 bits per heavy atom. The van der Waals surface area contributed by atoms with Crippen LogP contribution in [0.15, 0.2) is 0 Å². The summed E-state index contributed by atoms with van der Waals surface area (Å²) < 4.78 is 5.16. The van der Waals surface area contributed by atoms with E-state index in [1.54, 1.807) is 7.11 Å². The van der Waals surface area contributed by atoms with Crippen LogP contribution in [0.25, 0.3) is 0 Å². The van der Waals surface area contributed by atoms with Crippen molar-refractivity contribution < 1.29 is 4.74 Å². The molecule has 1 N–H and O–H groups in total. The first-order valence-corrected chi connectivity index (χ1v) is 4.45. The first-order chi connectivity index (χ1) is 5.23. The predicted octanol–water partition coefficient (Wildman–Crippen LogP) is 1.41. The van der Waals surface area contributed by atoms with E-state index in [1.807, 2.05) is 0 Å². The molecule has 0 heterocycles. The van der Waals surface area contributed by atoms with Crippen molar-refractivity contribution in [1.29, 1.82) is 0 Å². The fraction of sp³-hybridized carbons (Fsp3) is 1.00. The number of hydrogen-bond acceptors (Lipinski definition) is 2. The van der Waals surface area contributed by atoms with Crippen molar-refractivity contribution >= 4 is 0 Å². The molecule has 0 aromatic rings. The zero-order chi connectivity index (χ0) is 8.32. The molecule has 0 radical (unpaired) electrons. The molecule has 0 amide bonds. The van der Waals surface area contributed by atoms with Gasteiger partial charge in [-0.25, -0.2) is 0 Å². The molecule has 0 spiro atoms. The van der Waals surface area contributed by atoms with Crippen LogP contribution in [0.5, 0.6) is 0 Å². The summed E-state index contributed by atoms with van der Waals surface area (Å²) in [6.07, 6.45) is 2.71. The topological polar surface area (TPSA) is 21.3 Å². The lowest BCUT2D eigenvalue weighted by atomic mass is 10.00. The van der Waals surface area contributed by atoms with E-state index in [0.717, 1.165) is 13.2 Å². The van der Waals surface area contributed by atoms with E-state index in [0.29, 0.717) is 11.5 Å². The number of rotatable bonds is 5. The monoisotopic (exact) mass is 157 g/mol. The molecular formula is C9H19NO. The summed E-state index contributed by atoms with van der Waals surface area (Å²) >= 11 is 0. The van der Waals surface area contributed by atoms with Crippen LogP contribution in [-0.2, 0) is 4.74 Å². The maximum atomic E-state index is 5.16. The number of ether oxygens (including phenoxy) is 1. The minimum atomic E-state index is 0.534. The Morgan fingerprint density at radius 3 is 2.55 bits per heavy atom. The molecule has 1 unspecified atom stereocenters. The van der Waals surface area contributed by atoms with E-state index < -0.39 is 0 Å². The third kappa shape index (κ3) is 2.17. The van der Waals surface area contributed by atoms with Gasteiger partial charge in [-0.15, -0.1) is 0 Å². The van der Waals surface area contributed by atoms with E-state index in [-0.39, 0.29) is 0 Å². The molecule has 2 heteroatoms. The summed E-state index contributed by atoms with van der Waals surface area (Å²) in [6, 6.07) is 0.567. The molecule has 0 bridgehead atoms. The molecule has 0 aromatic heterocycles. The summed E-state index contributed by atoms with van der Waals surface area (Å²) in [7, 11) is 1.77. The summed E-state index contributed by atoms with van der Waals surface area (Å²) in [5.41, 5.74) is 0.534. The van der Waals surface area contributed by atoms with E-state index >= 15 is 0 Å². The van der Waals surface area contributed by atoms with Gasteiger partial charge in [0.1, 0.15) is 0 Å². The summed E-state index contributed by atoms with van der Waals surface area (Å²) in [6.45, 7) is 6.38. The Morgan fingerprint density at radius 1 is 1.55 bits per heavy atom. The van der Waals surface area contributed by atoms with Gasteiger partial charge in [0.2, 0.25) is 0 Å². The molecule has 11 heavy (non-hydrogen) atoms. The SMILES string of the molecule is CCNC(COC)C1(C)CC1. The summed E-state index contributed by atoms with van der Waals surface area (Å²) in [5, 5.41) is 3.46. The van der Waals surface area contributed by atoms with Crippen LogP contribution in [0.1, 0.15) is 26.7 Å². The smallest absolute Gasteiger partial charge is 0.0621 e. The average Bonchev–Trinajstić information content (AvgIpc) is 2.69. The Balaban J connectivity index is 2.32. The van der Waals surface area contributed by atoms with Crippen LogP contribution in [0, 0.1) is 5.41 Å². The largest absolute Gasteiger partial charge is 0.383 e. The van der Waals surface area contributed by atoms with Gasteiger partial charge in [-0.1, -0.05) is 13.8 Å². The number of nitrogens with one attached hydrogen (secondary N) is 1. The Bertz CT molecular complexity index is 115. The third-order valence-electron chi connectivity index (χ3n) is 2.66. The van der Waals surface area contributed by atoms with Gasteiger partial charge in [0, 0.05) is 13.2 Å². The highest BCUT2D eigenvalue weighted by Gasteiger charge is 2.44. The van der Waals surface area contributed by atoms with Crippen LogP contribution in [0.2, 0.25) is 0 Å². The molecule has 1 atom stereocenters. The second-order valence-corrected chi connectivity index (χ2v) is 3.72. The lowest BCUT2D eigenvalue weighted by molar-refractivity contribution is 0.138. The van der Waals surface area contributed by atoms with Gasteiger partial charge in [0.15, 0.2) is 0 Å². The third-order valence-corrected chi connectivity index (χ3v) is 2.66. The lowest BCUT2D eigenvalue weighted by Crippen LogP contribution is -2.39. The minimum absolute atomic E-state index is 0.534. The highest BCUT2D eigenvalue weighted by Crippen LogP contribution is 2.48. The zero-order valence-electron chi connectivity index (χ0n) is 7.81. The molecule has 1 rings (SSSR count). The standard InChI is InChI=1S/C9H19NO/c1-4-10-8(7-11-3)9(2)5-6-9/h8,10H,4-7H2,1-3H3. The molecule has 66 valence electrons. The molecule has 1 aliphatic carbocycles. The van der Waals surface area contributed by atoms with Gasteiger partial charge in [-0.3, -0.25) is 0 Å². The van der Waals surface area contributed by atoms with Crippen molar-refractivity contribution in [1.82, 2.24) is 5.32 Å². The molecule has 0 saturated heterocycles. The van der Waals surface area contributed by atoms with Crippen LogP contribution in [0.3, 0.4) is 0 Å². The fourth-order valence-electron chi connectivity index (χ4n) is 1.47. The van der Waals surface area contributed by atoms with Crippen molar-refractivity contribution in [2.75, 3.05) is 20.3 Å². The molecule has 2 nitrogen and oxygen atoms in total. The second kappa shape index (κ2) is 3.55. The molecule has 1 fully saturated rings. The Labute approximate surface area is 69.3 Å². The van der Waals surface area contributed by atoms with Crippen molar-refractivity contribution in [2.45, 2.75) is 32.7 Å². The fourth-order valence-corrected chi connectivity index (χ4v) is 1.47. The highest BCUT2D eigenvalue weighted by atomic mass is 16.5. The first kappa shape index (κ1) is 9.01. The summed E-state index contributed by atoms with van der Waals surface area (Å²) in [5.74, 6) is 0. The van der Waals surface area contributed by atoms with Gasteiger partial charge in [0.25, 0.3) is 0 Å². The van der Waals surface area contributed by atoms with Gasteiger partial charge in [-0.05, 0) is 24.8 Å². The van der Waals surface area contributed by atoms with Crippen LogP contribution < -0.4 is 5.32 Å². The first-order valence-electron chi connectivity index (χ1n) is 4.45. The van der Waals surface area contributed by atoms with Crippen LogP contribution >= 0.6 is 0 Å². The maximum Gasteiger partial charge on any atom is 0.0621 e. The van der Waals surface area contributed by atoms with Crippen molar-refractivity contribution in [3.8, 4) is 0 Å². The van der Waals surface area contributed by atoms with Gasteiger partial charge >= 0.3 is 0 Å². The number of likely N-dealkylation sites (N-methyl/N-ethyl adjacent to an activating group) is 1. The van der Waals surface area contributed by atoms with Crippen LogP contribution in [-0.4, -0.2) is 26.3 Å². The molecule has 1 saturated carbocycles. The minimum Gasteiger partial charge on any atom is -0.383 e. The summed E-state index contributed by atoms with van der Waals surface area (Å²) in [4.78, 5) is 0. The zero-order valence-corrected chi connectivity index (χ0v) is 7.81. The van der Waals surface area contributed by atoms with E-state index in [2.05, 4.69) is 19.2 Å². The predicted molar refractivity (Wildman–Crippen MR) is 46.7 cm³/mol. The lowest BCUT2D eigenvalue weighted by Gasteiger charge is -2.23. The maximum absolute atomic E-state index is 5.16. The molecular weight excluding hydrogens is 138 g/mol. The molecule has 0 aliphatic heterocycles. The van der Waals surface area contributed by atoms with Crippen LogP contribution in [0.4, 0.5) is 0 Å². The Kier molecular flexibility index (Phi) is 2.90. The molecule has 1 aliphatic rings. The van der Waals surface area contributed by atoms with Crippen molar-refractivity contribution in [2.24, 2.45) is 5.41 Å². The number of methoxy groups -OCH3 is 1. The Hall–Kier alpha value is -0.0800. The van der Waals surface area contributed by atoms with E-state index in [1.165, 1.54) is 12.8 Å². The second-order valence-electron chi connectivity index (χ2n) is 3.72. The highest BCUT2D eigenvalue weighted by molar-refractivity contribution is 4.98. The van der Waals surface area contributed by atoms with Gasteiger partial charge in [0.05, 0.1) is 6.61 Å². The van der Waals surface area contributed by atoms with Crippen molar-refractivity contribution in [3.63, 3.8) is 0 Å². The number of hydrogen-bond donors (Lipinski definition) is 1. The van der Waals surface area contributed by atoms with Gasteiger partial charge in [-0.2, -0.15) is 0 Å². The van der Waals surface area contributed by atoms with Crippen molar-refractivity contribution in [3.05, 3.63) is 0 Å². The van der Waals surface area contributed by atoms with Gasteiger partial charge < -0.3 is 10.1 Å². The average molecular weight is 157 g/mol. The molecule has 0 aromatic carbocycles.